The summed E-state index contributed by atoms with van der Waals surface area (Å²) in [5.74, 6) is 0.703. The first-order valence-corrected chi connectivity index (χ1v) is 8.63. The van der Waals surface area contributed by atoms with Crippen molar-refractivity contribution in [3.63, 3.8) is 0 Å². The summed E-state index contributed by atoms with van der Waals surface area (Å²) in [6.07, 6.45) is 1.66. The molecular weight excluding hydrogens is 323 g/mol. The number of carbonyl (C=O) groups excluding carboxylic acids is 2. The van der Waals surface area contributed by atoms with Crippen molar-refractivity contribution in [2.24, 2.45) is 16.8 Å². The summed E-state index contributed by atoms with van der Waals surface area (Å²) in [5, 5.41) is 5.65. The van der Waals surface area contributed by atoms with Crippen LogP contribution in [0.5, 0.6) is 0 Å². The molecule has 1 saturated carbocycles. The van der Waals surface area contributed by atoms with Crippen LogP contribution in [0.2, 0.25) is 0 Å². The molecule has 0 aromatic heterocycles. The summed E-state index contributed by atoms with van der Waals surface area (Å²) in [6, 6.07) is 6.01. The van der Waals surface area contributed by atoms with E-state index < -0.39 is 5.54 Å². The molecule has 3 aliphatic rings. The highest BCUT2D eigenvalue weighted by Crippen LogP contribution is 2.48. The van der Waals surface area contributed by atoms with E-state index in [0.717, 1.165) is 18.4 Å². The summed E-state index contributed by atoms with van der Waals surface area (Å²) in [4.78, 5) is 31.2. The predicted molar refractivity (Wildman–Crippen MR) is 90.4 cm³/mol. The Morgan fingerprint density at radius 1 is 1.48 bits per heavy atom. The maximum atomic E-state index is 13.2. The molecule has 0 unspecified atom stereocenters. The third-order valence-electron chi connectivity index (χ3n) is 5.63. The lowest BCUT2D eigenvalue weighted by atomic mass is 9.85. The number of urea groups is 1. The Kier molecular flexibility index (Phi) is 3.74. The molecule has 0 bridgehead atoms. The number of amides is 3. The van der Waals surface area contributed by atoms with Crippen LogP contribution in [0.3, 0.4) is 0 Å². The fourth-order valence-corrected chi connectivity index (χ4v) is 4.47. The summed E-state index contributed by atoms with van der Waals surface area (Å²) in [5.41, 5.74) is 0.0337. The van der Waals surface area contributed by atoms with Gasteiger partial charge in [-0.15, -0.1) is 0 Å². The van der Waals surface area contributed by atoms with Crippen molar-refractivity contribution in [2.75, 3.05) is 13.1 Å². The molecule has 1 aliphatic carbocycles. The average Bonchev–Trinajstić information content (AvgIpc) is 3.21. The number of carbonyl (C=O) groups is 2. The number of rotatable bonds is 2. The molecule has 1 saturated heterocycles. The van der Waals surface area contributed by atoms with E-state index in [1.807, 2.05) is 0 Å². The molecule has 1 spiro atoms. The third-order valence-corrected chi connectivity index (χ3v) is 5.63. The summed E-state index contributed by atoms with van der Waals surface area (Å²) < 4.78 is 13.2. The van der Waals surface area contributed by atoms with Gasteiger partial charge in [-0.25, -0.2) is 9.18 Å². The standard InChI is InChI=1S/C18H21FN4O2/c1-11-21-16(24)18(22-11)6-5-13-9-23(10-15(13)18)17(25)20-8-12-3-2-4-14(19)7-12/h2-4,7,13,15H,5-6,8-10H2,1H3,(H,20,25)(H,21,22,24)/t13-,15+,18-/m0/s1. The highest BCUT2D eigenvalue weighted by Gasteiger charge is 2.59. The van der Waals surface area contributed by atoms with Crippen LogP contribution in [-0.4, -0.2) is 41.3 Å². The van der Waals surface area contributed by atoms with Gasteiger partial charge in [0.05, 0.1) is 0 Å². The van der Waals surface area contributed by atoms with Crippen LogP contribution in [0, 0.1) is 17.7 Å². The first-order chi connectivity index (χ1) is 12.0. The first-order valence-electron chi connectivity index (χ1n) is 8.63. The number of hydrogen-bond acceptors (Lipinski definition) is 3. The van der Waals surface area contributed by atoms with Crippen LogP contribution < -0.4 is 10.6 Å². The molecule has 2 aliphatic heterocycles. The van der Waals surface area contributed by atoms with Gasteiger partial charge in [0.1, 0.15) is 17.2 Å². The molecule has 4 rings (SSSR count). The molecule has 7 heteroatoms. The quantitative estimate of drug-likeness (QED) is 0.856. The Labute approximate surface area is 145 Å². The molecule has 6 nitrogen and oxygen atoms in total. The summed E-state index contributed by atoms with van der Waals surface area (Å²) in [6.45, 7) is 3.26. The molecule has 3 amide bonds. The lowest BCUT2D eigenvalue weighted by Crippen LogP contribution is -2.46. The Morgan fingerprint density at radius 3 is 3.04 bits per heavy atom. The lowest BCUT2D eigenvalue weighted by Gasteiger charge is -2.25. The molecule has 1 aromatic rings. The van der Waals surface area contributed by atoms with Crippen LogP contribution in [0.25, 0.3) is 0 Å². The van der Waals surface area contributed by atoms with Crippen molar-refractivity contribution in [2.45, 2.75) is 31.8 Å². The summed E-state index contributed by atoms with van der Waals surface area (Å²) in [7, 11) is 0. The van der Waals surface area contributed by atoms with Crippen molar-refractivity contribution in [1.29, 1.82) is 0 Å². The van der Waals surface area contributed by atoms with Gasteiger partial charge in [0.15, 0.2) is 0 Å². The smallest absolute Gasteiger partial charge is 0.317 e. The van der Waals surface area contributed by atoms with Crippen molar-refractivity contribution in [3.8, 4) is 0 Å². The largest absolute Gasteiger partial charge is 0.334 e. The number of nitrogens with one attached hydrogen (secondary N) is 2. The molecule has 25 heavy (non-hydrogen) atoms. The van der Waals surface area contributed by atoms with E-state index in [4.69, 9.17) is 0 Å². The van der Waals surface area contributed by atoms with E-state index in [2.05, 4.69) is 15.6 Å². The average molecular weight is 344 g/mol. The second-order valence-electron chi connectivity index (χ2n) is 7.17. The molecule has 3 atom stereocenters. The molecule has 2 heterocycles. The molecule has 1 aromatic carbocycles. The van der Waals surface area contributed by atoms with Gasteiger partial charge in [0.2, 0.25) is 0 Å². The minimum Gasteiger partial charge on any atom is -0.334 e. The maximum Gasteiger partial charge on any atom is 0.317 e. The van der Waals surface area contributed by atoms with E-state index in [9.17, 15) is 14.0 Å². The van der Waals surface area contributed by atoms with E-state index in [-0.39, 0.29) is 30.2 Å². The van der Waals surface area contributed by atoms with Crippen molar-refractivity contribution in [1.82, 2.24) is 15.5 Å². The number of likely N-dealkylation sites (tertiary alicyclic amines) is 1. The van der Waals surface area contributed by atoms with E-state index in [1.54, 1.807) is 24.0 Å². The van der Waals surface area contributed by atoms with Crippen molar-refractivity contribution < 1.29 is 14.0 Å². The molecule has 2 N–H and O–H groups in total. The van der Waals surface area contributed by atoms with Crippen LogP contribution in [0.15, 0.2) is 29.3 Å². The lowest BCUT2D eigenvalue weighted by molar-refractivity contribution is -0.124. The first kappa shape index (κ1) is 16.1. The fourth-order valence-electron chi connectivity index (χ4n) is 4.47. The number of hydrogen-bond donors (Lipinski definition) is 2. The van der Waals surface area contributed by atoms with Crippen LogP contribution in [0.1, 0.15) is 25.3 Å². The third kappa shape index (κ3) is 2.67. The highest BCUT2D eigenvalue weighted by molar-refractivity contribution is 6.07. The normalized spacial score (nSPS) is 30.4. The number of halogens is 1. The summed E-state index contributed by atoms with van der Waals surface area (Å²) >= 11 is 0. The second-order valence-corrected chi connectivity index (χ2v) is 7.17. The van der Waals surface area contributed by atoms with E-state index >= 15 is 0 Å². The van der Waals surface area contributed by atoms with E-state index in [1.165, 1.54) is 12.1 Å². The Morgan fingerprint density at radius 2 is 2.32 bits per heavy atom. The SMILES string of the molecule is CC1=N[C@]2(CC[C@H]3CN(C(=O)NCc4cccc(F)c4)C[C@H]32)C(=O)N1. The molecule has 2 fully saturated rings. The predicted octanol–water partition coefficient (Wildman–Crippen LogP) is 1.66. The molecule has 0 radical (unpaired) electrons. The second kappa shape index (κ2) is 5.82. The van der Waals surface area contributed by atoms with Gasteiger partial charge in [-0.1, -0.05) is 12.1 Å². The van der Waals surface area contributed by atoms with Gasteiger partial charge in [0, 0.05) is 25.6 Å². The Bertz CT molecular complexity index is 765. The zero-order chi connectivity index (χ0) is 17.6. The fraction of sp³-hybridized carbons (Fsp3) is 0.500. The maximum absolute atomic E-state index is 13.2. The number of benzene rings is 1. The van der Waals surface area contributed by atoms with Gasteiger partial charge >= 0.3 is 6.03 Å². The van der Waals surface area contributed by atoms with Gasteiger partial charge in [-0.3, -0.25) is 9.79 Å². The zero-order valence-electron chi connectivity index (χ0n) is 14.1. The zero-order valence-corrected chi connectivity index (χ0v) is 14.1. The Balaban J connectivity index is 1.41. The molecule has 132 valence electrons. The van der Waals surface area contributed by atoms with Crippen molar-refractivity contribution >= 4 is 17.8 Å². The van der Waals surface area contributed by atoms with Gasteiger partial charge < -0.3 is 15.5 Å². The topological polar surface area (TPSA) is 73.8 Å². The molecular formula is C18H21FN4O2. The minimum atomic E-state index is -0.688. The highest BCUT2D eigenvalue weighted by atomic mass is 19.1. The van der Waals surface area contributed by atoms with E-state index in [0.29, 0.717) is 24.8 Å². The van der Waals surface area contributed by atoms with Gasteiger partial charge in [-0.2, -0.15) is 0 Å². The van der Waals surface area contributed by atoms with Crippen LogP contribution >= 0.6 is 0 Å². The number of aliphatic imine (C=N–C) groups is 1. The number of fused-ring (bicyclic) bond motifs is 2. The minimum absolute atomic E-state index is 0.0282. The van der Waals surface area contributed by atoms with Gasteiger partial charge in [0.25, 0.3) is 5.91 Å². The number of nitrogens with zero attached hydrogens (tertiary/aromatic N) is 2. The van der Waals surface area contributed by atoms with Crippen molar-refractivity contribution in [3.05, 3.63) is 35.6 Å². The Hall–Kier alpha value is -2.44. The van der Waals surface area contributed by atoms with Gasteiger partial charge in [-0.05, 0) is 43.4 Å². The number of amidine groups is 1. The van der Waals surface area contributed by atoms with Crippen LogP contribution in [-0.2, 0) is 11.3 Å². The van der Waals surface area contributed by atoms with Crippen LogP contribution in [0.4, 0.5) is 9.18 Å². The monoisotopic (exact) mass is 344 g/mol.